The second kappa shape index (κ2) is 5.16. The smallest absolute Gasteiger partial charge is 0.349 e. The van der Waals surface area contributed by atoms with Gasteiger partial charge in [-0.25, -0.2) is 4.39 Å². The number of carbonyl (C=O) groups is 1. The van der Waals surface area contributed by atoms with Crippen LogP contribution in [0.4, 0.5) is 17.6 Å². The van der Waals surface area contributed by atoms with Gasteiger partial charge in [0, 0.05) is 6.92 Å². The summed E-state index contributed by atoms with van der Waals surface area (Å²) < 4.78 is 49.5. The van der Waals surface area contributed by atoms with E-state index in [1.807, 2.05) is 0 Å². The fraction of sp³-hybridized carbons (Fsp3) is 0.364. The molecular weight excluding hydrogens is 238 g/mol. The van der Waals surface area contributed by atoms with Gasteiger partial charge in [0.2, 0.25) is 5.91 Å². The second-order valence-corrected chi connectivity index (χ2v) is 3.62. The molecule has 0 saturated carbocycles. The average molecular weight is 249 g/mol. The lowest BCUT2D eigenvalue weighted by Crippen LogP contribution is -2.30. The van der Waals surface area contributed by atoms with Crippen LogP contribution in [0.1, 0.15) is 24.9 Å². The third kappa shape index (κ3) is 4.84. The fourth-order valence-corrected chi connectivity index (χ4v) is 1.42. The summed E-state index contributed by atoms with van der Waals surface area (Å²) in [4.78, 5) is 10.8. The summed E-state index contributed by atoms with van der Waals surface area (Å²) in [6.45, 7) is 1.13. The van der Waals surface area contributed by atoms with Crippen LogP contribution >= 0.6 is 0 Å². The number of halogens is 4. The van der Waals surface area contributed by atoms with Crippen LogP contribution in [0.3, 0.4) is 0 Å². The van der Waals surface area contributed by atoms with E-state index in [-0.39, 0.29) is 5.56 Å². The van der Waals surface area contributed by atoms with Gasteiger partial charge < -0.3 is 5.32 Å². The van der Waals surface area contributed by atoms with Gasteiger partial charge in [0.05, 0.1) is 12.5 Å². The highest BCUT2D eigenvalue weighted by molar-refractivity contribution is 5.73. The minimum absolute atomic E-state index is 0.221. The SMILES string of the molecule is CC(=O)NC(CC(F)(F)F)c1ccc(F)cc1. The van der Waals surface area contributed by atoms with Crippen LogP contribution in [0.2, 0.25) is 0 Å². The average Bonchev–Trinajstić information content (AvgIpc) is 2.14. The quantitative estimate of drug-likeness (QED) is 0.820. The maximum Gasteiger partial charge on any atom is 0.391 e. The van der Waals surface area contributed by atoms with E-state index < -0.39 is 30.4 Å². The highest BCUT2D eigenvalue weighted by Gasteiger charge is 2.33. The molecule has 1 rings (SSSR count). The Kier molecular flexibility index (Phi) is 4.09. The lowest BCUT2D eigenvalue weighted by atomic mass is 10.0. The Morgan fingerprint density at radius 1 is 1.29 bits per heavy atom. The molecule has 0 spiro atoms. The lowest BCUT2D eigenvalue weighted by Gasteiger charge is -2.19. The van der Waals surface area contributed by atoms with Crippen molar-refractivity contribution in [1.82, 2.24) is 5.32 Å². The molecule has 1 aromatic carbocycles. The molecule has 0 heterocycles. The molecule has 0 aliphatic carbocycles. The van der Waals surface area contributed by atoms with Crippen LogP contribution in [-0.4, -0.2) is 12.1 Å². The van der Waals surface area contributed by atoms with Crippen LogP contribution in [0.5, 0.6) is 0 Å². The first-order chi connectivity index (χ1) is 7.78. The maximum absolute atomic E-state index is 12.6. The van der Waals surface area contributed by atoms with E-state index in [0.29, 0.717) is 0 Å². The molecule has 0 aromatic heterocycles. The summed E-state index contributed by atoms with van der Waals surface area (Å²) in [5.41, 5.74) is 0.221. The van der Waals surface area contributed by atoms with Crippen molar-refractivity contribution in [3.05, 3.63) is 35.6 Å². The number of carbonyl (C=O) groups excluding carboxylic acids is 1. The van der Waals surface area contributed by atoms with E-state index in [1.54, 1.807) is 0 Å². The van der Waals surface area contributed by atoms with Crippen molar-refractivity contribution < 1.29 is 22.4 Å². The Labute approximate surface area is 95.6 Å². The van der Waals surface area contributed by atoms with Crippen molar-refractivity contribution in [3.63, 3.8) is 0 Å². The molecule has 6 heteroatoms. The van der Waals surface area contributed by atoms with Crippen molar-refractivity contribution in [1.29, 1.82) is 0 Å². The van der Waals surface area contributed by atoms with Crippen LogP contribution < -0.4 is 5.32 Å². The summed E-state index contributed by atoms with van der Waals surface area (Å²) in [5.74, 6) is -1.11. The number of amides is 1. The molecule has 94 valence electrons. The zero-order valence-corrected chi connectivity index (χ0v) is 9.01. The summed E-state index contributed by atoms with van der Waals surface area (Å²) in [5, 5.41) is 2.19. The molecule has 1 amide bonds. The molecule has 1 N–H and O–H groups in total. The zero-order valence-electron chi connectivity index (χ0n) is 9.01. The number of hydrogen-bond donors (Lipinski definition) is 1. The van der Waals surface area contributed by atoms with Gasteiger partial charge in [-0.3, -0.25) is 4.79 Å². The first-order valence-electron chi connectivity index (χ1n) is 4.87. The number of rotatable bonds is 3. The minimum atomic E-state index is -4.40. The minimum Gasteiger partial charge on any atom is -0.349 e. The Hall–Kier alpha value is -1.59. The highest BCUT2D eigenvalue weighted by atomic mass is 19.4. The van der Waals surface area contributed by atoms with Crippen LogP contribution in [0.15, 0.2) is 24.3 Å². The summed E-state index contributed by atoms with van der Waals surface area (Å²) in [6, 6.07) is 3.37. The number of nitrogens with one attached hydrogen (secondary N) is 1. The number of hydrogen-bond acceptors (Lipinski definition) is 1. The Balaban J connectivity index is 2.89. The molecule has 1 aromatic rings. The summed E-state index contributed by atoms with van der Waals surface area (Å²) >= 11 is 0. The molecule has 1 unspecified atom stereocenters. The summed E-state index contributed by atoms with van der Waals surface area (Å²) in [6.07, 6.45) is -5.58. The fourth-order valence-electron chi connectivity index (χ4n) is 1.42. The predicted octanol–water partition coefficient (Wildman–Crippen LogP) is 2.96. The molecule has 0 aliphatic heterocycles. The van der Waals surface area contributed by atoms with Gasteiger partial charge in [-0.1, -0.05) is 12.1 Å². The molecule has 17 heavy (non-hydrogen) atoms. The first-order valence-corrected chi connectivity index (χ1v) is 4.87. The highest BCUT2D eigenvalue weighted by Crippen LogP contribution is 2.29. The molecule has 0 aliphatic rings. The van der Waals surface area contributed by atoms with Crippen molar-refractivity contribution in [2.24, 2.45) is 0 Å². The van der Waals surface area contributed by atoms with Gasteiger partial charge in [-0.2, -0.15) is 13.2 Å². The Bertz CT molecular complexity index is 385. The zero-order chi connectivity index (χ0) is 13.1. The second-order valence-electron chi connectivity index (χ2n) is 3.62. The van der Waals surface area contributed by atoms with Crippen LogP contribution in [0, 0.1) is 5.82 Å². The van der Waals surface area contributed by atoms with Gasteiger partial charge in [0.1, 0.15) is 5.82 Å². The van der Waals surface area contributed by atoms with Crippen molar-refractivity contribution in [3.8, 4) is 0 Å². The lowest BCUT2D eigenvalue weighted by molar-refractivity contribution is -0.142. The van der Waals surface area contributed by atoms with Crippen molar-refractivity contribution in [2.75, 3.05) is 0 Å². The van der Waals surface area contributed by atoms with Gasteiger partial charge in [-0.05, 0) is 17.7 Å². The largest absolute Gasteiger partial charge is 0.391 e. The van der Waals surface area contributed by atoms with E-state index in [2.05, 4.69) is 5.32 Å². The number of benzene rings is 1. The molecule has 2 nitrogen and oxygen atoms in total. The number of alkyl halides is 3. The van der Waals surface area contributed by atoms with Crippen LogP contribution in [0.25, 0.3) is 0 Å². The Morgan fingerprint density at radius 3 is 2.24 bits per heavy atom. The maximum atomic E-state index is 12.6. The van der Waals surface area contributed by atoms with Crippen molar-refractivity contribution >= 4 is 5.91 Å². The standard InChI is InChI=1S/C11H11F4NO/c1-7(17)16-10(6-11(13,14)15)8-2-4-9(12)5-3-8/h2-5,10H,6H2,1H3,(H,16,17). The third-order valence-corrected chi connectivity index (χ3v) is 2.09. The Morgan fingerprint density at radius 2 is 1.82 bits per heavy atom. The molecule has 0 bridgehead atoms. The summed E-state index contributed by atoms with van der Waals surface area (Å²) in [7, 11) is 0. The van der Waals surface area contributed by atoms with E-state index in [1.165, 1.54) is 12.1 Å². The molecule has 0 saturated heterocycles. The van der Waals surface area contributed by atoms with Gasteiger partial charge >= 0.3 is 6.18 Å². The van der Waals surface area contributed by atoms with E-state index in [4.69, 9.17) is 0 Å². The molecule has 1 atom stereocenters. The monoisotopic (exact) mass is 249 g/mol. The van der Waals surface area contributed by atoms with Crippen LogP contribution in [-0.2, 0) is 4.79 Å². The van der Waals surface area contributed by atoms with Crippen molar-refractivity contribution in [2.45, 2.75) is 25.6 Å². The molecule has 0 fully saturated rings. The first kappa shape index (κ1) is 13.5. The topological polar surface area (TPSA) is 29.1 Å². The predicted molar refractivity (Wildman–Crippen MR) is 53.6 cm³/mol. The van der Waals surface area contributed by atoms with Gasteiger partial charge in [-0.15, -0.1) is 0 Å². The normalized spacial score (nSPS) is 13.2. The van der Waals surface area contributed by atoms with E-state index in [9.17, 15) is 22.4 Å². The third-order valence-electron chi connectivity index (χ3n) is 2.09. The van der Waals surface area contributed by atoms with E-state index in [0.717, 1.165) is 19.1 Å². The van der Waals surface area contributed by atoms with Gasteiger partial charge in [0.25, 0.3) is 0 Å². The van der Waals surface area contributed by atoms with Gasteiger partial charge in [0.15, 0.2) is 0 Å². The molecule has 0 radical (unpaired) electrons. The molecular formula is C11H11F4NO. The van der Waals surface area contributed by atoms with E-state index >= 15 is 0 Å².